The van der Waals surface area contributed by atoms with Crippen LogP contribution in [0.2, 0.25) is 5.02 Å². The van der Waals surface area contributed by atoms with Crippen LogP contribution in [0.5, 0.6) is 5.75 Å². The van der Waals surface area contributed by atoms with E-state index in [2.05, 4.69) is 18.7 Å². The Balaban J connectivity index is 0.00000280. The summed E-state index contributed by atoms with van der Waals surface area (Å²) in [6.07, 6.45) is 4.19. The predicted octanol–water partition coefficient (Wildman–Crippen LogP) is 4.14. The Hall–Kier alpha value is -1.21. The van der Waals surface area contributed by atoms with E-state index < -0.39 is 11.9 Å². The lowest BCUT2D eigenvalue weighted by Gasteiger charge is -2.34. The second-order valence-corrected chi connectivity index (χ2v) is 8.30. The standard InChI is InChI=1S/C20H29ClN2O4.ClH/c1-3-12(2)10-23-6-4-13(5-7-23)8-14-9-16(21)18(22)19-17(14)15(20(24)25)11-26-27-19;/h9,12-13,15H,3-8,10-11,22H2,1-2H3,(H,24,25);1H. The summed E-state index contributed by atoms with van der Waals surface area (Å²) < 4.78 is 0. The number of fused-ring (bicyclic) bond motifs is 1. The van der Waals surface area contributed by atoms with Gasteiger partial charge in [0, 0.05) is 12.1 Å². The minimum absolute atomic E-state index is 0. The number of likely N-dealkylation sites (tertiary alicyclic amines) is 1. The summed E-state index contributed by atoms with van der Waals surface area (Å²) >= 11 is 6.28. The molecule has 0 bridgehead atoms. The van der Waals surface area contributed by atoms with Gasteiger partial charge in [-0.05, 0) is 55.8 Å². The summed E-state index contributed by atoms with van der Waals surface area (Å²) in [7, 11) is 0. The Morgan fingerprint density at radius 2 is 2.11 bits per heavy atom. The number of piperidine rings is 1. The van der Waals surface area contributed by atoms with Gasteiger partial charge in [0.2, 0.25) is 0 Å². The fourth-order valence-corrected chi connectivity index (χ4v) is 4.26. The van der Waals surface area contributed by atoms with Gasteiger partial charge in [-0.25, -0.2) is 0 Å². The van der Waals surface area contributed by atoms with Crippen molar-refractivity contribution in [1.82, 2.24) is 4.90 Å². The number of nitrogens with two attached hydrogens (primary N) is 1. The van der Waals surface area contributed by atoms with Crippen molar-refractivity contribution in [1.29, 1.82) is 0 Å². The maximum atomic E-state index is 11.7. The first-order chi connectivity index (χ1) is 12.9. The van der Waals surface area contributed by atoms with Crippen molar-refractivity contribution in [3.8, 4) is 5.75 Å². The Morgan fingerprint density at radius 3 is 2.71 bits per heavy atom. The van der Waals surface area contributed by atoms with Crippen LogP contribution in [-0.4, -0.2) is 42.2 Å². The number of rotatable bonds is 6. The number of anilines is 1. The molecule has 1 aromatic carbocycles. The minimum Gasteiger partial charge on any atom is -0.481 e. The second kappa shape index (κ2) is 10.0. The molecule has 2 unspecified atom stereocenters. The van der Waals surface area contributed by atoms with E-state index in [1.165, 1.54) is 6.42 Å². The zero-order valence-electron chi connectivity index (χ0n) is 16.4. The molecule has 1 fully saturated rings. The molecule has 0 spiro atoms. The number of benzene rings is 1. The van der Waals surface area contributed by atoms with E-state index in [0.717, 1.165) is 50.4 Å². The van der Waals surface area contributed by atoms with E-state index in [9.17, 15) is 9.90 Å². The van der Waals surface area contributed by atoms with E-state index in [-0.39, 0.29) is 30.5 Å². The lowest BCUT2D eigenvalue weighted by Crippen LogP contribution is -2.37. The summed E-state index contributed by atoms with van der Waals surface area (Å²) in [5, 5.41) is 9.98. The molecule has 2 aliphatic rings. The third-order valence-electron chi connectivity index (χ3n) is 5.90. The van der Waals surface area contributed by atoms with Crippen molar-refractivity contribution in [3.63, 3.8) is 0 Å². The third-order valence-corrected chi connectivity index (χ3v) is 6.21. The number of aliphatic carboxylic acids is 1. The lowest BCUT2D eigenvalue weighted by atomic mass is 9.84. The summed E-state index contributed by atoms with van der Waals surface area (Å²) in [5.41, 5.74) is 7.79. The van der Waals surface area contributed by atoms with Gasteiger partial charge in [-0.1, -0.05) is 31.9 Å². The number of hydrogen-bond donors (Lipinski definition) is 2. The van der Waals surface area contributed by atoms with Gasteiger partial charge in [0.05, 0.1) is 10.7 Å². The number of carboxylic acids is 1. The van der Waals surface area contributed by atoms with Gasteiger partial charge in [0.15, 0.2) is 5.75 Å². The zero-order valence-corrected chi connectivity index (χ0v) is 18.0. The number of nitrogen functional groups attached to an aromatic ring is 1. The quantitative estimate of drug-likeness (QED) is 0.518. The molecule has 1 aromatic rings. The molecule has 8 heteroatoms. The molecule has 3 N–H and O–H groups in total. The first-order valence-electron chi connectivity index (χ1n) is 9.76. The van der Waals surface area contributed by atoms with Gasteiger partial charge in [-0.2, -0.15) is 4.89 Å². The van der Waals surface area contributed by atoms with Crippen LogP contribution in [0.15, 0.2) is 6.07 Å². The van der Waals surface area contributed by atoms with Crippen LogP contribution in [0.4, 0.5) is 5.69 Å². The summed E-state index contributed by atoms with van der Waals surface area (Å²) in [6, 6.07) is 1.81. The topological polar surface area (TPSA) is 85.0 Å². The van der Waals surface area contributed by atoms with E-state index in [0.29, 0.717) is 16.5 Å². The Labute approximate surface area is 177 Å². The first-order valence-corrected chi connectivity index (χ1v) is 10.1. The molecule has 0 amide bonds. The molecule has 1 saturated heterocycles. The number of nitrogens with zero attached hydrogens (tertiary/aromatic N) is 1. The third kappa shape index (κ3) is 5.03. The maximum absolute atomic E-state index is 11.7. The van der Waals surface area contributed by atoms with Gasteiger partial charge in [0.1, 0.15) is 12.5 Å². The normalized spacial score (nSPS) is 21.3. The van der Waals surface area contributed by atoms with Crippen LogP contribution in [0.1, 0.15) is 50.2 Å². The number of carboxylic acid groups (broad SMARTS) is 1. The highest BCUT2D eigenvalue weighted by Crippen LogP contribution is 2.44. The van der Waals surface area contributed by atoms with Crippen LogP contribution in [-0.2, 0) is 16.1 Å². The molecule has 0 aliphatic carbocycles. The van der Waals surface area contributed by atoms with E-state index in [4.69, 9.17) is 27.1 Å². The van der Waals surface area contributed by atoms with E-state index in [1.54, 1.807) is 0 Å². The van der Waals surface area contributed by atoms with Crippen LogP contribution in [0.25, 0.3) is 0 Å². The smallest absolute Gasteiger partial charge is 0.313 e. The van der Waals surface area contributed by atoms with Crippen molar-refractivity contribution >= 4 is 35.7 Å². The zero-order chi connectivity index (χ0) is 19.6. The highest BCUT2D eigenvalue weighted by Gasteiger charge is 2.35. The van der Waals surface area contributed by atoms with Gasteiger partial charge in [-0.15, -0.1) is 12.4 Å². The van der Waals surface area contributed by atoms with Gasteiger partial charge >= 0.3 is 5.97 Å². The van der Waals surface area contributed by atoms with Gasteiger partial charge in [0.25, 0.3) is 0 Å². The molecule has 2 heterocycles. The van der Waals surface area contributed by atoms with E-state index >= 15 is 0 Å². The molecule has 2 atom stereocenters. The average molecular weight is 433 g/mol. The molecule has 0 aromatic heterocycles. The first kappa shape index (κ1) is 23.1. The van der Waals surface area contributed by atoms with Gasteiger partial charge in [-0.3, -0.25) is 4.79 Å². The Kier molecular flexibility index (Phi) is 8.25. The molecule has 28 heavy (non-hydrogen) atoms. The van der Waals surface area contributed by atoms with Crippen molar-refractivity contribution in [3.05, 3.63) is 22.2 Å². The Bertz CT molecular complexity index is 693. The highest BCUT2D eigenvalue weighted by molar-refractivity contribution is 6.33. The fraction of sp³-hybridized carbons (Fsp3) is 0.650. The second-order valence-electron chi connectivity index (χ2n) is 7.89. The van der Waals surface area contributed by atoms with Crippen molar-refractivity contribution in [2.75, 3.05) is 32.0 Å². The predicted molar refractivity (Wildman–Crippen MR) is 112 cm³/mol. The van der Waals surface area contributed by atoms with Gasteiger partial charge < -0.3 is 20.6 Å². The maximum Gasteiger partial charge on any atom is 0.313 e. The molecule has 0 radical (unpaired) electrons. The highest BCUT2D eigenvalue weighted by atomic mass is 35.5. The van der Waals surface area contributed by atoms with Crippen molar-refractivity contribution < 1.29 is 19.7 Å². The molecule has 0 saturated carbocycles. The number of carbonyl (C=O) groups is 1. The molecular formula is C20H30Cl2N2O4. The molecule has 3 rings (SSSR count). The van der Waals surface area contributed by atoms with Crippen LogP contribution in [0, 0.1) is 11.8 Å². The summed E-state index contributed by atoms with van der Waals surface area (Å²) in [5.74, 6) is -0.234. The van der Waals surface area contributed by atoms with Crippen LogP contribution < -0.4 is 10.6 Å². The minimum atomic E-state index is -0.939. The molecule has 2 aliphatic heterocycles. The summed E-state index contributed by atoms with van der Waals surface area (Å²) in [6.45, 7) is 7.82. The molecule has 158 valence electrons. The lowest BCUT2D eigenvalue weighted by molar-refractivity contribution is -0.222. The molecule has 6 nitrogen and oxygen atoms in total. The van der Waals surface area contributed by atoms with Crippen LogP contribution >= 0.6 is 24.0 Å². The number of hydrogen-bond acceptors (Lipinski definition) is 5. The monoisotopic (exact) mass is 432 g/mol. The fourth-order valence-electron chi connectivity index (χ4n) is 4.04. The summed E-state index contributed by atoms with van der Waals surface area (Å²) in [4.78, 5) is 24.5. The van der Waals surface area contributed by atoms with Crippen molar-refractivity contribution in [2.45, 2.75) is 45.4 Å². The largest absolute Gasteiger partial charge is 0.481 e. The number of halogens is 2. The SMILES string of the molecule is CCC(C)CN1CCC(Cc2cc(Cl)c(N)c3c2C(C(=O)O)COO3)CC1.Cl. The van der Waals surface area contributed by atoms with Crippen LogP contribution in [0.3, 0.4) is 0 Å². The molecular weight excluding hydrogens is 403 g/mol. The average Bonchev–Trinajstić information content (AvgIpc) is 2.66. The van der Waals surface area contributed by atoms with Crippen molar-refractivity contribution in [2.24, 2.45) is 11.8 Å². The van der Waals surface area contributed by atoms with E-state index in [1.807, 2.05) is 6.07 Å². The Morgan fingerprint density at radius 1 is 1.43 bits per heavy atom.